The van der Waals surface area contributed by atoms with Gasteiger partial charge in [0, 0.05) is 21.2 Å². The van der Waals surface area contributed by atoms with Crippen molar-refractivity contribution in [3.05, 3.63) is 75.0 Å². The second-order valence-corrected chi connectivity index (χ2v) is 6.33. The highest BCUT2D eigenvalue weighted by Gasteiger charge is 2.59. The first-order valence-electron chi connectivity index (χ1n) is 7.06. The van der Waals surface area contributed by atoms with Crippen molar-refractivity contribution in [3.63, 3.8) is 0 Å². The maximum Gasteiger partial charge on any atom is 0.428 e. The van der Waals surface area contributed by atoms with Crippen LogP contribution in [0.1, 0.15) is 16.7 Å². The number of nitrogens with zero attached hydrogens (tertiary/aromatic N) is 1. The van der Waals surface area contributed by atoms with Crippen LogP contribution >= 0.6 is 23.2 Å². The predicted molar refractivity (Wildman–Crippen MR) is 87.5 cm³/mol. The van der Waals surface area contributed by atoms with E-state index in [0.717, 1.165) is 30.3 Å². The summed E-state index contributed by atoms with van der Waals surface area (Å²) in [7, 11) is 0. The molecule has 0 amide bonds. The van der Waals surface area contributed by atoms with Gasteiger partial charge in [-0.1, -0.05) is 23.2 Å². The van der Waals surface area contributed by atoms with Crippen molar-refractivity contribution in [1.82, 2.24) is 5.48 Å². The summed E-state index contributed by atoms with van der Waals surface area (Å²) in [5.74, 6) is -0.778. The molecule has 3 rings (SSSR count). The fourth-order valence-electron chi connectivity index (χ4n) is 2.53. The zero-order valence-electron chi connectivity index (χ0n) is 12.7. The lowest BCUT2D eigenvalue weighted by Gasteiger charge is -2.28. The third kappa shape index (κ3) is 3.12. The van der Waals surface area contributed by atoms with E-state index < -0.39 is 17.6 Å². The Bertz CT molecular complexity index is 933. The number of hydrogen-bond acceptors (Lipinski definition) is 3. The fraction of sp³-hybridized carbons (Fsp3) is 0.118. The quantitative estimate of drug-likeness (QED) is 0.689. The molecule has 0 spiro atoms. The molecule has 1 heterocycles. The average molecular weight is 403 g/mol. The molecule has 1 aliphatic rings. The maximum atomic E-state index is 13.9. The van der Waals surface area contributed by atoms with Crippen molar-refractivity contribution in [2.45, 2.75) is 11.8 Å². The normalized spacial score (nSPS) is 19.7. The SMILES string of the molecule is N#Cc1cc(C2=CC(c3cc(Cl)cc(Cl)c3)(C(F)(F)F)ON2)ccc1F. The third-order valence-electron chi connectivity index (χ3n) is 3.78. The highest BCUT2D eigenvalue weighted by Crippen LogP contribution is 2.48. The molecule has 0 aromatic heterocycles. The highest BCUT2D eigenvalue weighted by atomic mass is 35.5. The van der Waals surface area contributed by atoms with E-state index in [1.54, 1.807) is 6.07 Å². The first-order valence-corrected chi connectivity index (χ1v) is 7.82. The molecular weight excluding hydrogens is 395 g/mol. The minimum Gasteiger partial charge on any atom is -0.265 e. The second kappa shape index (κ2) is 6.47. The van der Waals surface area contributed by atoms with E-state index in [9.17, 15) is 17.6 Å². The van der Waals surface area contributed by atoms with Crippen LogP contribution in [0.25, 0.3) is 5.70 Å². The number of benzene rings is 2. The largest absolute Gasteiger partial charge is 0.428 e. The van der Waals surface area contributed by atoms with Gasteiger partial charge in [-0.3, -0.25) is 10.3 Å². The smallest absolute Gasteiger partial charge is 0.265 e. The molecule has 134 valence electrons. The van der Waals surface area contributed by atoms with Crippen molar-refractivity contribution in [2.75, 3.05) is 0 Å². The summed E-state index contributed by atoms with van der Waals surface area (Å²) in [6, 6.07) is 8.44. The van der Waals surface area contributed by atoms with Crippen molar-refractivity contribution in [2.24, 2.45) is 0 Å². The summed E-state index contributed by atoms with van der Waals surface area (Å²) >= 11 is 11.6. The van der Waals surface area contributed by atoms with Gasteiger partial charge in [-0.05, 0) is 42.5 Å². The number of hydrogen-bond donors (Lipinski definition) is 1. The standard InChI is InChI=1S/C17H8Cl2F4N2O/c18-12-4-11(5-13(19)6-12)16(17(21,22)23)7-15(25-26-16)9-1-2-14(20)10(3-9)8-24/h1-7,25H. The Morgan fingerprint density at radius 1 is 1.08 bits per heavy atom. The van der Waals surface area contributed by atoms with Crippen LogP contribution in [0.4, 0.5) is 17.6 Å². The molecular formula is C17H8Cl2F4N2O. The molecule has 0 aliphatic carbocycles. The van der Waals surface area contributed by atoms with E-state index in [1.807, 2.05) is 0 Å². The lowest BCUT2D eigenvalue weighted by Crippen LogP contribution is -2.42. The molecule has 1 aliphatic heterocycles. The van der Waals surface area contributed by atoms with Gasteiger partial charge in [0.25, 0.3) is 0 Å². The van der Waals surface area contributed by atoms with Crippen molar-refractivity contribution in [3.8, 4) is 6.07 Å². The minimum atomic E-state index is -4.85. The zero-order chi connectivity index (χ0) is 19.1. The number of nitrogens with one attached hydrogen (secondary N) is 1. The van der Waals surface area contributed by atoms with Gasteiger partial charge in [-0.2, -0.15) is 18.4 Å². The van der Waals surface area contributed by atoms with Crippen LogP contribution < -0.4 is 5.48 Å². The fourth-order valence-corrected chi connectivity index (χ4v) is 3.06. The van der Waals surface area contributed by atoms with Crippen molar-refractivity contribution >= 4 is 28.9 Å². The third-order valence-corrected chi connectivity index (χ3v) is 4.22. The van der Waals surface area contributed by atoms with Gasteiger partial charge in [0.2, 0.25) is 5.60 Å². The summed E-state index contributed by atoms with van der Waals surface area (Å²) in [6.07, 6.45) is -4.06. The predicted octanol–water partition coefficient (Wildman–Crippen LogP) is 5.34. The van der Waals surface area contributed by atoms with Crippen LogP contribution in [0.3, 0.4) is 0 Å². The average Bonchev–Trinajstić information content (AvgIpc) is 3.01. The van der Waals surface area contributed by atoms with E-state index in [0.29, 0.717) is 0 Å². The molecule has 0 radical (unpaired) electrons. The Morgan fingerprint density at radius 2 is 1.73 bits per heavy atom. The van der Waals surface area contributed by atoms with Crippen LogP contribution in [0.15, 0.2) is 42.5 Å². The molecule has 1 unspecified atom stereocenters. The highest BCUT2D eigenvalue weighted by molar-refractivity contribution is 6.34. The minimum absolute atomic E-state index is 0.00937. The van der Waals surface area contributed by atoms with Crippen LogP contribution in [-0.4, -0.2) is 6.18 Å². The zero-order valence-corrected chi connectivity index (χ0v) is 14.2. The van der Waals surface area contributed by atoms with Gasteiger partial charge in [0.15, 0.2) is 0 Å². The molecule has 2 aromatic carbocycles. The lowest BCUT2D eigenvalue weighted by molar-refractivity contribution is -0.269. The molecule has 26 heavy (non-hydrogen) atoms. The summed E-state index contributed by atoms with van der Waals surface area (Å²) in [5, 5.41) is 8.90. The molecule has 1 atom stereocenters. The number of halogens is 6. The summed E-state index contributed by atoms with van der Waals surface area (Å²) < 4.78 is 55.0. The molecule has 0 saturated carbocycles. The van der Waals surface area contributed by atoms with Crippen LogP contribution in [0, 0.1) is 17.1 Å². The number of nitriles is 1. The van der Waals surface area contributed by atoms with Crippen molar-refractivity contribution < 1.29 is 22.4 Å². The Hall–Kier alpha value is -2.27. The number of hydroxylamine groups is 1. The Labute approximate surface area is 155 Å². The van der Waals surface area contributed by atoms with E-state index in [4.69, 9.17) is 33.3 Å². The van der Waals surface area contributed by atoms with Gasteiger partial charge >= 0.3 is 6.18 Å². The van der Waals surface area contributed by atoms with Gasteiger partial charge in [-0.15, -0.1) is 0 Å². The topological polar surface area (TPSA) is 45.0 Å². The lowest BCUT2D eigenvalue weighted by atomic mass is 9.91. The van der Waals surface area contributed by atoms with Gasteiger partial charge < -0.3 is 0 Å². The van der Waals surface area contributed by atoms with E-state index in [2.05, 4.69) is 5.48 Å². The van der Waals surface area contributed by atoms with Gasteiger partial charge in [0.1, 0.15) is 11.9 Å². The first kappa shape index (κ1) is 18.5. The summed E-state index contributed by atoms with van der Waals surface area (Å²) in [6.45, 7) is 0. The first-order chi connectivity index (χ1) is 12.2. The summed E-state index contributed by atoms with van der Waals surface area (Å²) in [5.41, 5.74) is -1.20. The molecule has 2 aromatic rings. The van der Waals surface area contributed by atoms with Gasteiger partial charge in [0.05, 0.1) is 11.3 Å². The Balaban J connectivity index is 2.16. The molecule has 9 heteroatoms. The second-order valence-electron chi connectivity index (χ2n) is 5.46. The van der Waals surface area contributed by atoms with Gasteiger partial charge in [-0.25, -0.2) is 4.39 Å². The molecule has 0 saturated heterocycles. The van der Waals surface area contributed by atoms with Crippen LogP contribution in [-0.2, 0) is 10.4 Å². The Kier molecular flexibility index (Phi) is 4.61. The molecule has 0 bridgehead atoms. The Morgan fingerprint density at radius 3 is 2.31 bits per heavy atom. The van der Waals surface area contributed by atoms with Crippen molar-refractivity contribution in [1.29, 1.82) is 5.26 Å². The van der Waals surface area contributed by atoms with Crippen LogP contribution in [0.5, 0.6) is 0 Å². The molecule has 3 nitrogen and oxygen atoms in total. The maximum absolute atomic E-state index is 13.9. The molecule has 0 fully saturated rings. The van der Waals surface area contributed by atoms with E-state index >= 15 is 0 Å². The van der Waals surface area contributed by atoms with E-state index in [1.165, 1.54) is 12.1 Å². The monoisotopic (exact) mass is 402 g/mol. The van der Waals surface area contributed by atoms with E-state index in [-0.39, 0.29) is 32.4 Å². The summed E-state index contributed by atoms with van der Waals surface area (Å²) in [4.78, 5) is 4.91. The molecule has 1 N–H and O–H groups in total. The van der Waals surface area contributed by atoms with Crippen LogP contribution in [0.2, 0.25) is 10.0 Å². The number of alkyl halides is 3. The number of rotatable bonds is 2.